The van der Waals surface area contributed by atoms with Gasteiger partial charge in [-0.05, 0) is 53.0 Å². The molecule has 0 rings (SSSR count). The second-order valence-corrected chi connectivity index (χ2v) is 5.09. The van der Waals surface area contributed by atoms with Gasteiger partial charge >= 0.3 is 0 Å². The van der Waals surface area contributed by atoms with Crippen LogP contribution in [-0.2, 0) is 4.74 Å². The molecule has 0 bridgehead atoms. The topological polar surface area (TPSA) is 27.7 Å². The van der Waals surface area contributed by atoms with Crippen LogP contribution in [0, 0.1) is 0 Å². The second kappa shape index (κ2) is 13.3. The standard InChI is InChI=1S/C14H33N3O/c1-5-10-17(13-12-16(2)3)11-7-6-8-15-9-14-18-4/h15H,5-14H2,1-4H3. The maximum absolute atomic E-state index is 5.00. The minimum Gasteiger partial charge on any atom is -0.383 e. The van der Waals surface area contributed by atoms with Gasteiger partial charge in [0.15, 0.2) is 0 Å². The molecule has 4 nitrogen and oxygen atoms in total. The minimum absolute atomic E-state index is 0.810. The summed E-state index contributed by atoms with van der Waals surface area (Å²) in [4.78, 5) is 4.84. The van der Waals surface area contributed by atoms with Crippen LogP contribution in [-0.4, -0.2) is 76.9 Å². The largest absolute Gasteiger partial charge is 0.383 e. The number of ether oxygens (including phenoxy) is 1. The number of unbranched alkanes of at least 4 members (excludes halogenated alkanes) is 1. The molecule has 0 aromatic rings. The average Bonchev–Trinajstić information content (AvgIpc) is 2.34. The van der Waals surface area contributed by atoms with Crippen LogP contribution < -0.4 is 5.32 Å². The zero-order chi connectivity index (χ0) is 13.6. The molecular formula is C14H33N3O. The van der Waals surface area contributed by atoms with Crippen LogP contribution >= 0.6 is 0 Å². The van der Waals surface area contributed by atoms with Crippen molar-refractivity contribution >= 4 is 0 Å². The molecular weight excluding hydrogens is 226 g/mol. The van der Waals surface area contributed by atoms with Crippen LogP contribution in [0.5, 0.6) is 0 Å². The number of nitrogens with one attached hydrogen (secondary N) is 1. The van der Waals surface area contributed by atoms with Gasteiger partial charge in [0.2, 0.25) is 0 Å². The van der Waals surface area contributed by atoms with E-state index in [0.717, 1.165) is 26.2 Å². The van der Waals surface area contributed by atoms with Crippen LogP contribution in [0.2, 0.25) is 0 Å². The molecule has 0 aliphatic heterocycles. The lowest BCUT2D eigenvalue weighted by Crippen LogP contribution is -2.33. The Morgan fingerprint density at radius 2 is 1.72 bits per heavy atom. The number of likely N-dealkylation sites (N-methyl/N-ethyl adjacent to an activating group) is 1. The number of nitrogens with zero attached hydrogens (tertiary/aromatic N) is 2. The molecule has 0 spiro atoms. The Hall–Kier alpha value is -0.160. The van der Waals surface area contributed by atoms with E-state index >= 15 is 0 Å². The third-order valence-corrected chi connectivity index (χ3v) is 2.96. The van der Waals surface area contributed by atoms with Gasteiger partial charge in [-0.2, -0.15) is 0 Å². The first-order chi connectivity index (χ1) is 8.70. The van der Waals surface area contributed by atoms with Crippen LogP contribution in [0.4, 0.5) is 0 Å². The molecule has 0 aromatic heterocycles. The summed E-state index contributed by atoms with van der Waals surface area (Å²) in [5, 5.41) is 3.39. The van der Waals surface area contributed by atoms with Crippen molar-refractivity contribution in [3.05, 3.63) is 0 Å². The molecule has 0 atom stereocenters. The fourth-order valence-electron chi connectivity index (χ4n) is 1.88. The molecule has 0 unspecified atom stereocenters. The molecule has 0 radical (unpaired) electrons. The van der Waals surface area contributed by atoms with Crippen molar-refractivity contribution in [3.8, 4) is 0 Å². The fraction of sp³-hybridized carbons (Fsp3) is 1.00. The normalized spacial score (nSPS) is 11.7. The highest BCUT2D eigenvalue weighted by Crippen LogP contribution is 1.97. The molecule has 0 aliphatic carbocycles. The van der Waals surface area contributed by atoms with E-state index in [2.05, 4.69) is 36.1 Å². The van der Waals surface area contributed by atoms with Gasteiger partial charge in [-0.25, -0.2) is 0 Å². The summed E-state index contributed by atoms with van der Waals surface area (Å²) in [6.07, 6.45) is 3.79. The highest BCUT2D eigenvalue weighted by atomic mass is 16.5. The third kappa shape index (κ3) is 12.3. The fourth-order valence-corrected chi connectivity index (χ4v) is 1.88. The van der Waals surface area contributed by atoms with Gasteiger partial charge < -0.3 is 19.9 Å². The Bertz CT molecular complexity index is 165. The number of hydrogen-bond donors (Lipinski definition) is 1. The van der Waals surface area contributed by atoms with Gasteiger partial charge in [0.25, 0.3) is 0 Å². The van der Waals surface area contributed by atoms with Crippen LogP contribution in [0.15, 0.2) is 0 Å². The zero-order valence-electron chi connectivity index (χ0n) is 12.9. The maximum atomic E-state index is 5.00. The van der Waals surface area contributed by atoms with E-state index in [4.69, 9.17) is 4.74 Å². The van der Waals surface area contributed by atoms with Crippen molar-refractivity contribution < 1.29 is 4.74 Å². The Balaban J connectivity index is 3.45. The maximum Gasteiger partial charge on any atom is 0.0587 e. The van der Waals surface area contributed by atoms with Crippen molar-refractivity contribution in [3.63, 3.8) is 0 Å². The summed E-state index contributed by atoms with van der Waals surface area (Å²) in [5.41, 5.74) is 0. The molecule has 0 saturated carbocycles. The smallest absolute Gasteiger partial charge is 0.0587 e. The number of hydrogen-bond acceptors (Lipinski definition) is 4. The minimum atomic E-state index is 0.810. The van der Waals surface area contributed by atoms with Crippen molar-refractivity contribution in [2.75, 3.05) is 67.1 Å². The van der Waals surface area contributed by atoms with E-state index in [1.807, 2.05) is 0 Å². The first-order valence-corrected chi connectivity index (χ1v) is 7.27. The summed E-state index contributed by atoms with van der Waals surface area (Å²) in [7, 11) is 6.03. The molecule has 110 valence electrons. The van der Waals surface area contributed by atoms with E-state index in [1.54, 1.807) is 7.11 Å². The third-order valence-electron chi connectivity index (χ3n) is 2.96. The van der Waals surface area contributed by atoms with E-state index < -0.39 is 0 Å². The summed E-state index contributed by atoms with van der Waals surface area (Å²) in [5.74, 6) is 0. The summed E-state index contributed by atoms with van der Waals surface area (Å²) in [6.45, 7) is 9.95. The summed E-state index contributed by atoms with van der Waals surface area (Å²) in [6, 6.07) is 0. The van der Waals surface area contributed by atoms with Gasteiger partial charge in [-0.15, -0.1) is 0 Å². The lowest BCUT2D eigenvalue weighted by molar-refractivity contribution is 0.198. The zero-order valence-corrected chi connectivity index (χ0v) is 12.9. The predicted molar refractivity (Wildman–Crippen MR) is 79.3 cm³/mol. The Morgan fingerprint density at radius 1 is 0.944 bits per heavy atom. The summed E-state index contributed by atoms with van der Waals surface area (Å²) >= 11 is 0. The molecule has 0 aromatic carbocycles. The lowest BCUT2D eigenvalue weighted by Gasteiger charge is -2.23. The van der Waals surface area contributed by atoms with E-state index in [1.165, 1.54) is 38.9 Å². The predicted octanol–water partition coefficient (Wildman–Crippen LogP) is 1.28. The highest BCUT2D eigenvalue weighted by molar-refractivity contribution is 4.60. The van der Waals surface area contributed by atoms with Crippen molar-refractivity contribution in [2.45, 2.75) is 26.2 Å². The molecule has 0 saturated heterocycles. The average molecular weight is 259 g/mol. The van der Waals surface area contributed by atoms with Crippen LogP contribution in [0.25, 0.3) is 0 Å². The quantitative estimate of drug-likeness (QED) is 0.504. The first-order valence-electron chi connectivity index (χ1n) is 7.27. The SMILES string of the molecule is CCCN(CCCCNCCOC)CCN(C)C. The van der Waals surface area contributed by atoms with Gasteiger partial charge in [-0.3, -0.25) is 0 Å². The van der Waals surface area contributed by atoms with Crippen molar-refractivity contribution in [1.29, 1.82) is 0 Å². The Labute approximate surface area is 114 Å². The molecule has 0 amide bonds. The molecule has 0 heterocycles. The second-order valence-electron chi connectivity index (χ2n) is 5.09. The number of rotatable bonds is 13. The Kier molecular flexibility index (Phi) is 13.2. The monoisotopic (exact) mass is 259 g/mol. The molecule has 0 fully saturated rings. The van der Waals surface area contributed by atoms with E-state index in [-0.39, 0.29) is 0 Å². The van der Waals surface area contributed by atoms with Gasteiger partial charge in [0, 0.05) is 26.7 Å². The molecule has 4 heteroatoms. The van der Waals surface area contributed by atoms with E-state index in [0.29, 0.717) is 0 Å². The van der Waals surface area contributed by atoms with Gasteiger partial charge in [0.05, 0.1) is 6.61 Å². The Morgan fingerprint density at radius 3 is 2.33 bits per heavy atom. The van der Waals surface area contributed by atoms with Crippen molar-refractivity contribution in [1.82, 2.24) is 15.1 Å². The highest BCUT2D eigenvalue weighted by Gasteiger charge is 2.03. The van der Waals surface area contributed by atoms with Gasteiger partial charge in [-0.1, -0.05) is 6.92 Å². The number of methoxy groups -OCH3 is 1. The molecule has 18 heavy (non-hydrogen) atoms. The van der Waals surface area contributed by atoms with Gasteiger partial charge in [0.1, 0.15) is 0 Å². The van der Waals surface area contributed by atoms with Crippen LogP contribution in [0.3, 0.4) is 0 Å². The lowest BCUT2D eigenvalue weighted by atomic mass is 10.2. The molecule has 1 N–H and O–H groups in total. The molecule has 0 aliphatic rings. The van der Waals surface area contributed by atoms with E-state index in [9.17, 15) is 0 Å². The first kappa shape index (κ1) is 17.8. The van der Waals surface area contributed by atoms with Crippen LogP contribution in [0.1, 0.15) is 26.2 Å². The van der Waals surface area contributed by atoms with Crippen molar-refractivity contribution in [2.24, 2.45) is 0 Å². The summed E-state index contributed by atoms with van der Waals surface area (Å²) < 4.78 is 5.00.